The number of halogens is 1. The zero-order valence-corrected chi connectivity index (χ0v) is 16.0. The lowest BCUT2D eigenvalue weighted by Crippen LogP contribution is -2.46. The van der Waals surface area contributed by atoms with Gasteiger partial charge in [0.2, 0.25) is 0 Å². The Kier molecular flexibility index (Phi) is 5.87. The molecular weight excluding hydrogens is 372 g/mol. The first-order chi connectivity index (χ1) is 9.90. The van der Waals surface area contributed by atoms with Gasteiger partial charge in [-0.3, -0.25) is 0 Å². The molecule has 0 aromatic carbocycles. The van der Waals surface area contributed by atoms with Gasteiger partial charge in [0.1, 0.15) is 4.21 Å². The van der Waals surface area contributed by atoms with E-state index in [9.17, 15) is 8.42 Å². The summed E-state index contributed by atoms with van der Waals surface area (Å²) in [5.41, 5.74) is 0.983. The van der Waals surface area contributed by atoms with Crippen molar-refractivity contribution in [1.29, 1.82) is 0 Å². The van der Waals surface area contributed by atoms with Crippen molar-refractivity contribution in [3.8, 4) is 0 Å². The van der Waals surface area contributed by atoms with Crippen molar-refractivity contribution >= 4 is 37.3 Å². The fourth-order valence-electron chi connectivity index (χ4n) is 2.87. The number of piperidine rings is 1. The van der Waals surface area contributed by atoms with E-state index in [2.05, 4.69) is 34.7 Å². The van der Waals surface area contributed by atoms with E-state index >= 15 is 0 Å². The Balaban J connectivity index is 2.07. The van der Waals surface area contributed by atoms with Gasteiger partial charge in [-0.15, -0.1) is 11.3 Å². The first-order valence-electron chi connectivity index (χ1n) is 7.40. The van der Waals surface area contributed by atoms with Crippen molar-refractivity contribution in [1.82, 2.24) is 9.21 Å². The number of thiophene rings is 1. The van der Waals surface area contributed by atoms with Crippen molar-refractivity contribution in [2.24, 2.45) is 0 Å². The molecule has 0 aliphatic carbocycles. The van der Waals surface area contributed by atoms with Crippen LogP contribution in [-0.4, -0.2) is 49.8 Å². The average molecular weight is 395 g/mol. The predicted molar refractivity (Wildman–Crippen MR) is 91.5 cm³/mol. The molecule has 21 heavy (non-hydrogen) atoms. The van der Waals surface area contributed by atoms with Gasteiger partial charge >= 0.3 is 0 Å². The summed E-state index contributed by atoms with van der Waals surface area (Å²) in [6, 6.07) is 2.28. The highest BCUT2D eigenvalue weighted by molar-refractivity contribution is 9.11. The quantitative estimate of drug-likeness (QED) is 0.768. The first-order valence-corrected chi connectivity index (χ1v) is 10.4. The Morgan fingerprint density at radius 1 is 1.33 bits per heavy atom. The number of sulfonamides is 1. The largest absolute Gasteiger partial charge is 0.301 e. The van der Waals surface area contributed by atoms with Crippen LogP contribution in [0, 0.1) is 6.92 Å². The summed E-state index contributed by atoms with van der Waals surface area (Å²) in [6.07, 6.45) is 1.85. The zero-order valence-electron chi connectivity index (χ0n) is 12.8. The number of hydrogen-bond donors (Lipinski definition) is 0. The molecule has 0 atom stereocenters. The van der Waals surface area contributed by atoms with Crippen molar-refractivity contribution in [2.75, 3.05) is 26.2 Å². The first kappa shape index (κ1) is 17.4. The van der Waals surface area contributed by atoms with Crippen LogP contribution in [-0.2, 0) is 10.0 Å². The van der Waals surface area contributed by atoms with Gasteiger partial charge in [0.15, 0.2) is 0 Å². The van der Waals surface area contributed by atoms with E-state index in [1.807, 2.05) is 6.92 Å². The van der Waals surface area contributed by atoms with Crippen LogP contribution in [0.1, 0.15) is 32.3 Å². The highest BCUT2D eigenvalue weighted by atomic mass is 79.9. The van der Waals surface area contributed by atoms with Crippen molar-refractivity contribution < 1.29 is 8.42 Å². The summed E-state index contributed by atoms with van der Waals surface area (Å²) in [4.78, 5) is 2.43. The molecule has 1 aromatic rings. The molecule has 4 nitrogen and oxygen atoms in total. The highest BCUT2D eigenvalue weighted by Gasteiger charge is 2.32. The van der Waals surface area contributed by atoms with E-state index in [4.69, 9.17) is 0 Å². The molecule has 0 N–H and O–H groups in total. The Morgan fingerprint density at radius 2 is 1.90 bits per heavy atom. The molecule has 0 amide bonds. The molecule has 1 aliphatic heterocycles. The maximum Gasteiger partial charge on any atom is 0.252 e. The van der Waals surface area contributed by atoms with Crippen LogP contribution < -0.4 is 0 Å². The van der Waals surface area contributed by atoms with E-state index in [1.165, 1.54) is 11.3 Å². The maximum atomic E-state index is 12.7. The molecule has 0 bridgehead atoms. The Labute approximate surface area is 140 Å². The fraction of sp³-hybridized carbons (Fsp3) is 0.714. The lowest BCUT2D eigenvalue weighted by Gasteiger charge is -2.36. The molecule has 1 aromatic heterocycles. The number of nitrogens with zero attached hydrogens (tertiary/aromatic N) is 2. The summed E-state index contributed by atoms with van der Waals surface area (Å²) in [6.45, 7) is 9.56. The summed E-state index contributed by atoms with van der Waals surface area (Å²) >= 11 is 4.72. The van der Waals surface area contributed by atoms with Crippen LogP contribution in [0.5, 0.6) is 0 Å². The van der Waals surface area contributed by atoms with Crippen LogP contribution in [0.4, 0.5) is 0 Å². The Morgan fingerprint density at radius 3 is 2.33 bits per heavy atom. The van der Waals surface area contributed by atoms with Crippen molar-refractivity contribution in [2.45, 2.75) is 43.9 Å². The maximum absolute atomic E-state index is 12.7. The third kappa shape index (κ3) is 3.69. The number of hydrogen-bond acceptors (Lipinski definition) is 4. The van der Waals surface area contributed by atoms with Crippen LogP contribution in [0.25, 0.3) is 0 Å². The molecule has 0 unspecified atom stereocenters. The predicted octanol–water partition coefficient (Wildman–Crippen LogP) is 3.31. The highest BCUT2D eigenvalue weighted by Crippen LogP contribution is 2.33. The summed E-state index contributed by atoms with van der Waals surface area (Å²) < 4.78 is 28.3. The van der Waals surface area contributed by atoms with Gasteiger partial charge < -0.3 is 4.90 Å². The van der Waals surface area contributed by atoms with Gasteiger partial charge in [0, 0.05) is 19.1 Å². The molecule has 1 saturated heterocycles. The molecule has 0 spiro atoms. The molecule has 7 heteroatoms. The Hall–Kier alpha value is 0.0500. The molecule has 2 rings (SSSR count). The molecular formula is C14H23BrN2O2S2. The average Bonchev–Trinajstić information content (AvgIpc) is 2.81. The van der Waals surface area contributed by atoms with Crippen LogP contribution in [0.15, 0.2) is 14.1 Å². The van der Waals surface area contributed by atoms with Crippen LogP contribution in [0.3, 0.4) is 0 Å². The standard InChI is InChI=1S/C14H23BrN2O2S2/c1-4-16(5-2)12-6-8-17(9-7-12)21(18,19)13-10-11(3)14(15)20-13/h10,12H,4-9H2,1-3H3. The third-order valence-corrected chi connectivity index (χ3v) is 8.67. The van der Waals surface area contributed by atoms with E-state index in [0.29, 0.717) is 23.3 Å². The van der Waals surface area contributed by atoms with Gasteiger partial charge in [-0.25, -0.2) is 8.42 Å². The van der Waals surface area contributed by atoms with Gasteiger partial charge in [0.05, 0.1) is 3.79 Å². The summed E-state index contributed by atoms with van der Waals surface area (Å²) in [5, 5.41) is 0. The normalized spacial score (nSPS) is 18.5. The molecule has 1 aliphatic rings. The fourth-order valence-corrected chi connectivity index (χ4v) is 6.72. The van der Waals surface area contributed by atoms with Gasteiger partial charge in [-0.1, -0.05) is 13.8 Å². The van der Waals surface area contributed by atoms with Crippen LogP contribution in [0.2, 0.25) is 0 Å². The van der Waals surface area contributed by atoms with E-state index < -0.39 is 10.0 Å². The molecule has 0 radical (unpaired) electrons. The number of aryl methyl sites for hydroxylation is 1. The molecule has 0 saturated carbocycles. The summed E-state index contributed by atoms with van der Waals surface area (Å²) in [7, 11) is -3.32. The number of rotatable bonds is 5. The lowest BCUT2D eigenvalue weighted by atomic mass is 10.1. The van der Waals surface area contributed by atoms with Crippen molar-refractivity contribution in [3.05, 3.63) is 15.4 Å². The minimum atomic E-state index is -3.32. The minimum Gasteiger partial charge on any atom is -0.301 e. The van der Waals surface area contributed by atoms with E-state index in [-0.39, 0.29) is 0 Å². The summed E-state index contributed by atoms with van der Waals surface area (Å²) in [5.74, 6) is 0. The zero-order chi connectivity index (χ0) is 15.6. The monoisotopic (exact) mass is 394 g/mol. The Bertz CT molecular complexity index is 554. The van der Waals surface area contributed by atoms with Gasteiger partial charge in [0.25, 0.3) is 10.0 Å². The van der Waals surface area contributed by atoms with Crippen molar-refractivity contribution in [3.63, 3.8) is 0 Å². The SMILES string of the molecule is CCN(CC)C1CCN(S(=O)(=O)c2cc(C)c(Br)s2)CC1. The second-order valence-electron chi connectivity index (χ2n) is 5.38. The second kappa shape index (κ2) is 7.08. The van der Waals surface area contributed by atoms with Crippen LogP contribution >= 0.6 is 27.3 Å². The van der Waals surface area contributed by atoms with E-state index in [1.54, 1.807) is 10.4 Å². The smallest absolute Gasteiger partial charge is 0.252 e. The van der Waals surface area contributed by atoms with Gasteiger partial charge in [-0.2, -0.15) is 4.31 Å². The van der Waals surface area contributed by atoms with Gasteiger partial charge in [-0.05, 0) is 60.4 Å². The lowest BCUT2D eigenvalue weighted by molar-refractivity contribution is 0.152. The minimum absolute atomic E-state index is 0.452. The van der Waals surface area contributed by atoms with E-state index in [0.717, 1.165) is 35.3 Å². The third-order valence-electron chi connectivity index (χ3n) is 4.18. The second-order valence-corrected chi connectivity index (χ2v) is 9.91. The molecule has 120 valence electrons. The topological polar surface area (TPSA) is 40.6 Å². The molecule has 1 fully saturated rings. The molecule has 2 heterocycles.